The molecular weight excluding hydrogens is 242 g/mol. The maximum Gasteiger partial charge on any atom is 0.236 e. The summed E-state index contributed by atoms with van der Waals surface area (Å²) in [6, 6.07) is 0. The van der Waals surface area contributed by atoms with Crippen LogP contribution < -0.4 is 5.73 Å². The van der Waals surface area contributed by atoms with Crippen molar-refractivity contribution < 1.29 is 10.0 Å². The molecule has 110 valence electrons. The van der Waals surface area contributed by atoms with Crippen molar-refractivity contribution in [2.24, 2.45) is 22.2 Å². The van der Waals surface area contributed by atoms with Crippen LogP contribution in [0.3, 0.4) is 0 Å². The molecule has 3 N–H and O–H groups in total. The summed E-state index contributed by atoms with van der Waals surface area (Å²) in [5.41, 5.74) is 5.06. The van der Waals surface area contributed by atoms with E-state index < -0.39 is 5.41 Å². The summed E-state index contributed by atoms with van der Waals surface area (Å²) in [4.78, 5) is 14.7. The highest BCUT2D eigenvalue weighted by molar-refractivity contribution is 6.07. The molecule has 0 heterocycles. The van der Waals surface area contributed by atoms with Crippen molar-refractivity contribution in [2.75, 3.05) is 13.1 Å². The molecule has 1 unspecified atom stereocenters. The van der Waals surface area contributed by atoms with Gasteiger partial charge in [0.15, 0.2) is 5.84 Å². The molecule has 1 amide bonds. The van der Waals surface area contributed by atoms with Crippen molar-refractivity contribution in [3.63, 3.8) is 0 Å². The summed E-state index contributed by atoms with van der Waals surface area (Å²) in [6.07, 6.45) is 4.35. The van der Waals surface area contributed by atoms with Gasteiger partial charge in [0.05, 0.1) is 0 Å². The van der Waals surface area contributed by atoms with Crippen LogP contribution in [-0.4, -0.2) is 34.9 Å². The van der Waals surface area contributed by atoms with Crippen LogP contribution in [0.2, 0.25) is 0 Å². The highest BCUT2D eigenvalue weighted by Gasteiger charge is 2.47. The van der Waals surface area contributed by atoms with E-state index in [0.717, 1.165) is 25.8 Å². The lowest BCUT2D eigenvalue weighted by Crippen LogP contribution is -2.51. The van der Waals surface area contributed by atoms with Crippen LogP contribution in [0, 0.1) is 11.3 Å². The summed E-state index contributed by atoms with van der Waals surface area (Å²) in [6.45, 7) is 7.66. The molecule has 1 saturated carbocycles. The first kappa shape index (κ1) is 15.8. The number of amidine groups is 1. The molecular formula is C14H27N3O2. The molecule has 0 aromatic heterocycles. The van der Waals surface area contributed by atoms with Crippen LogP contribution in [0.25, 0.3) is 0 Å². The zero-order valence-electron chi connectivity index (χ0n) is 12.4. The molecule has 1 aliphatic rings. The zero-order valence-corrected chi connectivity index (χ0v) is 12.4. The maximum absolute atomic E-state index is 12.8. The Bertz CT molecular complexity index is 336. The van der Waals surface area contributed by atoms with Crippen molar-refractivity contribution >= 4 is 11.7 Å². The first-order chi connectivity index (χ1) is 9.01. The summed E-state index contributed by atoms with van der Waals surface area (Å²) < 4.78 is 0. The average Bonchev–Trinajstić information content (AvgIpc) is 2.93. The second kappa shape index (κ2) is 6.78. The van der Waals surface area contributed by atoms with E-state index in [-0.39, 0.29) is 11.7 Å². The van der Waals surface area contributed by atoms with E-state index in [9.17, 15) is 4.79 Å². The molecule has 1 atom stereocenters. The van der Waals surface area contributed by atoms with Crippen LogP contribution in [0.1, 0.15) is 52.9 Å². The Morgan fingerprint density at radius 1 is 1.42 bits per heavy atom. The van der Waals surface area contributed by atoms with Crippen LogP contribution in [-0.2, 0) is 4.79 Å². The molecule has 0 saturated heterocycles. The van der Waals surface area contributed by atoms with Gasteiger partial charge in [-0.2, -0.15) is 0 Å². The molecule has 0 aliphatic heterocycles. The molecule has 1 fully saturated rings. The predicted molar refractivity (Wildman–Crippen MR) is 76.0 cm³/mol. The van der Waals surface area contributed by atoms with Gasteiger partial charge in [-0.05, 0) is 25.7 Å². The van der Waals surface area contributed by atoms with Gasteiger partial charge in [0.1, 0.15) is 5.41 Å². The smallest absolute Gasteiger partial charge is 0.236 e. The Kier molecular flexibility index (Phi) is 5.63. The van der Waals surface area contributed by atoms with Gasteiger partial charge in [-0.25, -0.2) is 0 Å². The summed E-state index contributed by atoms with van der Waals surface area (Å²) in [5.74, 6) is 0.579. The second-order valence-corrected chi connectivity index (χ2v) is 5.63. The van der Waals surface area contributed by atoms with Gasteiger partial charge in [-0.15, -0.1) is 0 Å². The number of hydrogen-bond acceptors (Lipinski definition) is 3. The van der Waals surface area contributed by atoms with E-state index in [1.165, 1.54) is 0 Å². The SMILES string of the molecule is CCC(C)CN(CC)C(=O)C1(C(N)=NO)CCCC1. The first-order valence-corrected chi connectivity index (χ1v) is 7.29. The molecule has 0 spiro atoms. The minimum absolute atomic E-state index is 0.0306. The maximum atomic E-state index is 12.8. The lowest BCUT2D eigenvalue weighted by atomic mass is 9.83. The van der Waals surface area contributed by atoms with Crippen molar-refractivity contribution in [1.29, 1.82) is 0 Å². The van der Waals surface area contributed by atoms with E-state index in [0.29, 0.717) is 25.3 Å². The lowest BCUT2D eigenvalue weighted by Gasteiger charge is -2.34. The quantitative estimate of drug-likeness (QED) is 0.336. The Morgan fingerprint density at radius 2 is 2.00 bits per heavy atom. The molecule has 1 aliphatic carbocycles. The number of hydrogen-bond donors (Lipinski definition) is 2. The second-order valence-electron chi connectivity index (χ2n) is 5.63. The predicted octanol–water partition coefficient (Wildman–Crippen LogP) is 2.19. The molecule has 0 aromatic carbocycles. The third-order valence-electron chi connectivity index (χ3n) is 4.36. The van der Waals surface area contributed by atoms with Crippen molar-refractivity contribution in [3.8, 4) is 0 Å². The Hall–Kier alpha value is -1.26. The van der Waals surface area contributed by atoms with E-state index in [4.69, 9.17) is 10.9 Å². The number of carbonyl (C=O) groups is 1. The fraction of sp³-hybridized carbons (Fsp3) is 0.857. The Labute approximate surface area is 115 Å². The van der Waals surface area contributed by atoms with Gasteiger partial charge in [0, 0.05) is 13.1 Å². The molecule has 5 nitrogen and oxygen atoms in total. The van der Waals surface area contributed by atoms with Gasteiger partial charge in [0.2, 0.25) is 5.91 Å². The number of nitrogens with zero attached hydrogens (tertiary/aromatic N) is 2. The fourth-order valence-corrected chi connectivity index (χ4v) is 2.82. The van der Waals surface area contributed by atoms with Crippen molar-refractivity contribution in [1.82, 2.24) is 4.90 Å². The highest BCUT2D eigenvalue weighted by atomic mass is 16.4. The largest absolute Gasteiger partial charge is 0.409 e. The molecule has 0 radical (unpaired) electrons. The van der Waals surface area contributed by atoms with E-state index in [1.807, 2.05) is 11.8 Å². The molecule has 1 rings (SSSR count). The highest BCUT2D eigenvalue weighted by Crippen LogP contribution is 2.40. The van der Waals surface area contributed by atoms with Gasteiger partial charge in [-0.1, -0.05) is 38.3 Å². The van der Waals surface area contributed by atoms with E-state index in [1.54, 1.807) is 0 Å². The van der Waals surface area contributed by atoms with Crippen LogP contribution in [0.15, 0.2) is 5.16 Å². The standard InChI is InChI=1S/C14H27N3O2/c1-4-11(3)10-17(5-2)13(18)14(12(15)16-19)8-6-7-9-14/h11,19H,4-10H2,1-3H3,(H2,15,16). The summed E-state index contributed by atoms with van der Waals surface area (Å²) in [7, 11) is 0. The number of amides is 1. The molecule has 19 heavy (non-hydrogen) atoms. The zero-order chi connectivity index (χ0) is 14.5. The Morgan fingerprint density at radius 3 is 2.42 bits per heavy atom. The monoisotopic (exact) mass is 269 g/mol. The Balaban J connectivity index is 2.92. The topological polar surface area (TPSA) is 78.9 Å². The van der Waals surface area contributed by atoms with Crippen LogP contribution in [0.4, 0.5) is 0 Å². The molecule has 5 heteroatoms. The summed E-state index contributed by atoms with van der Waals surface area (Å²) >= 11 is 0. The van der Waals surface area contributed by atoms with Gasteiger partial charge in [-0.3, -0.25) is 4.79 Å². The molecule has 0 aromatic rings. The first-order valence-electron chi connectivity index (χ1n) is 7.29. The van der Waals surface area contributed by atoms with Gasteiger partial charge >= 0.3 is 0 Å². The van der Waals surface area contributed by atoms with Crippen molar-refractivity contribution in [2.45, 2.75) is 52.9 Å². The number of rotatable bonds is 6. The minimum Gasteiger partial charge on any atom is -0.409 e. The third kappa shape index (κ3) is 3.19. The average molecular weight is 269 g/mol. The fourth-order valence-electron chi connectivity index (χ4n) is 2.82. The van der Waals surface area contributed by atoms with Crippen LogP contribution in [0.5, 0.6) is 0 Å². The normalized spacial score (nSPS) is 20.3. The molecule has 0 bridgehead atoms. The van der Waals surface area contributed by atoms with Gasteiger partial charge in [0.25, 0.3) is 0 Å². The van der Waals surface area contributed by atoms with Gasteiger partial charge < -0.3 is 15.8 Å². The number of nitrogens with two attached hydrogens (primary N) is 1. The lowest BCUT2D eigenvalue weighted by molar-refractivity contribution is -0.138. The number of oxime groups is 1. The summed E-state index contributed by atoms with van der Waals surface area (Å²) in [5, 5.41) is 12.1. The number of carbonyl (C=O) groups excluding carboxylic acids is 1. The van der Waals surface area contributed by atoms with E-state index >= 15 is 0 Å². The van der Waals surface area contributed by atoms with Crippen LogP contribution >= 0.6 is 0 Å². The van der Waals surface area contributed by atoms with Crippen molar-refractivity contribution in [3.05, 3.63) is 0 Å². The van der Waals surface area contributed by atoms with E-state index in [2.05, 4.69) is 19.0 Å². The minimum atomic E-state index is -0.766. The third-order valence-corrected chi connectivity index (χ3v) is 4.36.